The van der Waals surface area contributed by atoms with Gasteiger partial charge in [-0.1, -0.05) is 64.2 Å². The van der Waals surface area contributed by atoms with Crippen molar-refractivity contribution in [3.8, 4) is 0 Å². The summed E-state index contributed by atoms with van der Waals surface area (Å²) in [5.74, 6) is 3.29. The molecule has 3 rings (SSSR count). The highest BCUT2D eigenvalue weighted by atomic mass is 14.9. The molecule has 0 bridgehead atoms. The monoisotopic (exact) mass is 278 g/mol. The number of nitrogens with two attached hydrogens (primary N) is 1. The third-order valence-corrected chi connectivity index (χ3v) is 6.61. The molecule has 116 valence electrons. The zero-order chi connectivity index (χ0) is 13.6. The van der Waals surface area contributed by atoms with E-state index in [9.17, 15) is 0 Å². The second-order valence-corrected chi connectivity index (χ2v) is 7.98. The van der Waals surface area contributed by atoms with Gasteiger partial charge in [0.2, 0.25) is 0 Å². The molecule has 3 aliphatic rings. The lowest BCUT2D eigenvalue weighted by Crippen LogP contribution is -2.91. The summed E-state index contributed by atoms with van der Waals surface area (Å²) >= 11 is 0. The average Bonchev–Trinajstić information content (AvgIpc) is 2.55. The molecule has 1 nitrogen and oxygen atoms in total. The zero-order valence-electron chi connectivity index (χ0n) is 13.5. The van der Waals surface area contributed by atoms with Crippen molar-refractivity contribution in [3.63, 3.8) is 0 Å². The van der Waals surface area contributed by atoms with Gasteiger partial charge in [0.25, 0.3) is 0 Å². The fourth-order valence-corrected chi connectivity index (χ4v) is 5.48. The van der Waals surface area contributed by atoms with E-state index in [1.165, 1.54) is 64.3 Å². The molecular formula is C19H36N+. The lowest BCUT2D eigenvalue weighted by atomic mass is 9.67. The van der Waals surface area contributed by atoms with Gasteiger partial charge in [0.15, 0.2) is 0 Å². The summed E-state index contributed by atoms with van der Waals surface area (Å²) in [4.78, 5) is 0. The van der Waals surface area contributed by atoms with Crippen molar-refractivity contribution in [2.45, 2.75) is 95.9 Å². The molecular weight excluding hydrogens is 242 g/mol. The van der Waals surface area contributed by atoms with Crippen LogP contribution in [0.1, 0.15) is 89.9 Å². The summed E-state index contributed by atoms with van der Waals surface area (Å²) in [7, 11) is 0. The van der Waals surface area contributed by atoms with Crippen LogP contribution < -0.4 is 5.32 Å². The predicted octanol–water partition coefficient (Wildman–Crippen LogP) is 4.27. The van der Waals surface area contributed by atoms with E-state index in [1.54, 1.807) is 32.1 Å². The van der Waals surface area contributed by atoms with Crippen LogP contribution in [0.25, 0.3) is 0 Å². The van der Waals surface area contributed by atoms with E-state index in [0.29, 0.717) is 0 Å². The summed E-state index contributed by atoms with van der Waals surface area (Å²) in [6, 6.07) is 0.984. The van der Waals surface area contributed by atoms with Crippen molar-refractivity contribution in [3.05, 3.63) is 0 Å². The minimum Gasteiger partial charge on any atom is -0.344 e. The Hall–Kier alpha value is -0.0400. The molecule has 2 aliphatic carbocycles. The van der Waals surface area contributed by atoms with Gasteiger partial charge in [-0.15, -0.1) is 0 Å². The zero-order valence-corrected chi connectivity index (χ0v) is 13.5. The van der Waals surface area contributed by atoms with Crippen LogP contribution in [0.15, 0.2) is 0 Å². The molecule has 0 radical (unpaired) electrons. The standard InChI is InChI=1S/C19H35N/c1-3-9-16(10-4-1)19(17-11-5-2-6-12-17)15-18-13-7-8-14-20-18/h16-20H,1-15H2/p+1/t18-/m1/s1. The molecule has 0 spiro atoms. The normalized spacial score (nSPS) is 30.8. The Morgan fingerprint density at radius 3 is 1.70 bits per heavy atom. The molecule has 2 saturated carbocycles. The molecule has 2 N–H and O–H groups in total. The van der Waals surface area contributed by atoms with Gasteiger partial charge >= 0.3 is 0 Å². The van der Waals surface area contributed by atoms with Crippen molar-refractivity contribution in [1.82, 2.24) is 0 Å². The van der Waals surface area contributed by atoms with Crippen molar-refractivity contribution >= 4 is 0 Å². The Balaban J connectivity index is 1.61. The number of piperidine rings is 1. The minimum atomic E-state index is 0.984. The van der Waals surface area contributed by atoms with Gasteiger partial charge in [-0.2, -0.15) is 0 Å². The number of quaternary nitrogens is 1. The van der Waals surface area contributed by atoms with E-state index in [1.807, 2.05) is 0 Å². The number of hydrogen-bond acceptors (Lipinski definition) is 0. The first-order valence-corrected chi connectivity index (χ1v) is 9.77. The van der Waals surface area contributed by atoms with Crippen LogP contribution in [-0.2, 0) is 0 Å². The molecule has 1 heteroatoms. The Morgan fingerprint density at radius 1 is 0.650 bits per heavy atom. The minimum absolute atomic E-state index is 0.984. The Kier molecular flexibility index (Phi) is 5.82. The fourth-order valence-electron chi connectivity index (χ4n) is 5.48. The maximum absolute atomic E-state index is 2.70. The molecule has 1 saturated heterocycles. The Bertz CT molecular complexity index is 239. The van der Waals surface area contributed by atoms with Crippen LogP contribution in [0.2, 0.25) is 0 Å². The summed E-state index contributed by atoms with van der Waals surface area (Å²) in [5, 5.41) is 2.70. The maximum Gasteiger partial charge on any atom is 0.0862 e. The highest BCUT2D eigenvalue weighted by molar-refractivity contribution is 4.83. The fraction of sp³-hybridized carbons (Fsp3) is 1.00. The molecule has 1 aliphatic heterocycles. The van der Waals surface area contributed by atoms with Crippen LogP contribution in [0.3, 0.4) is 0 Å². The Morgan fingerprint density at radius 2 is 1.20 bits per heavy atom. The van der Waals surface area contributed by atoms with E-state index in [4.69, 9.17) is 0 Å². The van der Waals surface area contributed by atoms with E-state index in [2.05, 4.69) is 5.32 Å². The smallest absolute Gasteiger partial charge is 0.0862 e. The van der Waals surface area contributed by atoms with Gasteiger partial charge in [-0.3, -0.25) is 0 Å². The van der Waals surface area contributed by atoms with E-state index < -0.39 is 0 Å². The van der Waals surface area contributed by atoms with Gasteiger partial charge < -0.3 is 5.32 Å². The molecule has 0 unspecified atom stereocenters. The summed E-state index contributed by atoms with van der Waals surface area (Å²) in [6.45, 7) is 1.41. The maximum atomic E-state index is 2.70. The quantitative estimate of drug-likeness (QED) is 0.791. The first kappa shape index (κ1) is 14.9. The Labute approximate surface area is 126 Å². The average molecular weight is 279 g/mol. The highest BCUT2D eigenvalue weighted by Gasteiger charge is 2.34. The van der Waals surface area contributed by atoms with Gasteiger partial charge in [0, 0.05) is 6.42 Å². The van der Waals surface area contributed by atoms with Crippen LogP contribution in [0.5, 0.6) is 0 Å². The number of hydrogen-bond donors (Lipinski definition) is 1. The van der Waals surface area contributed by atoms with E-state index in [0.717, 1.165) is 23.8 Å². The first-order valence-electron chi connectivity index (χ1n) is 9.77. The molecule has 0 aromatic rings. The lowest BCUT2D eigenvalue weighted by molar-refractivity contribution is -0.699. The van der Waals surface area contributed by atoms with E-state index in [-0.39, 0.29) is 0 Å². The number of rotatable bonds is 4. The van der Waals surface area contributed by atoms with Gasteiger partial charge in [-0.25, -0.2) is 0 Å². The third-order valence-electron chi connectivity index (χ3n) is 6.61. The molecule has 0 amide bonds. The molecule has 3 fully saturated rings. The topological polar surface area (TPSA) is 16.6 Å². The van der Waals surface area contributed by atoms with E-state index >= 15 is 0 Å². The van der Waals surface area contributed by atoms with Crippen molar-refractivity contribution in [2.24, 2.45) is 17.8 Å². The second-order valence-electron chi connectivity index (χ2n) is 7.98. The van der Waals surface area contributed by atoms with Crippen LogP contribution in [0.4, 0.5) is 0 Å². The van der Waals surface area contributed by atoms with Crippen molar-refractivity contribution in [1.29, 1.82) is 0 Å². The molecule has 20 heavy (non-hydrogen) atoms. The van der Waals surface area contributed by atoms with Gasteiger partial charge in [0.1, 0.15) is 0 Å². The first-order chi connectivity index (χ1) is 9.93. The predicted molar refractivity (Wildman–Crippen MR) is 85.7 cm³/mol. The largest absolute Gasteiger partial charge is 0.344 e. The summed E-state index contributed by atoms with van der Waals surface area (Å²) in [5.41, 5.74) is 0. The van der Waals surface area contributed by atoms with Gasteiger partial charge in [-0.05, 0) is 37.0 Å². The molecule has 1 atom stereocenters. The molecule has 0 aromatic carbocycles. The third kappa shape index (κ3) is 4.00. The van der Waals surface area contributed by atoms with Crippen molar-refractivity contribution in [2.75, 3.05) is 6.54 Å². The molecule has 1 heterocycles. The van der Waals surface area contributed by atoms with Crippen LogP contribution in [-0.4, -0.2) is 12.6 Å². The van der Waals surface area contributed by atoms with Crippen LogP contribution in [0, 0.1) is 17.8 Å². The van der Waals surface area contributed by atoms with Gasteiger partial charge in [0.05, 0.1) is 12.6 Å². The summed E-state index contributed by atoms with van der Waals surface area (Å²) in [6.07, 6.45) is 21.5. The second kappa shape index (κ2) is 7.82. The lowest BCUT2D eigenvalue weighted by Gasteiger charge is -2.39. The van der Waals surface area contributed by atoms with Crippen molar-refractivity contribution < 1.29 is 5.32 Å². The SMILES string of the molecule is C1CCC(C(C[C@H]2CCCC[NH2+]2)C2CCCCC2)CC1. The highest BCUT2D eigenvalue weighted by Crippen LogP contribution is 2.42. The summed E-state index contributed by atoms with van der Waals surface area (Å²) < 4.78 is 0. The molecule has 0 aromatic heterocycles. The van der Waals surface area contributed by atoms with Crippen LogP contribution >= 0.6 is 0 Å².